The van der Waals surface area contributed by atoms with Crippen molar-refractivity contribution in [1.82, 2.24) is 4.72 Å². The molecule has 0 amide bonds. The van der Waals surface area contributed by atoms with Crippen LogP contribution < -0.4 is 4.72 Å². The highest BCUT2D eigenvalue weighted by Gasteiger charge is 2.25. The summed E-state index contributed by atoms with van der Waals surface area (Å²) in [5.41, 5.74) is 1.91. The van der Waals surface area contributed by atoms with E-state index in [2.05, 4.69) is 24.6 Å². The zero-order chi connectivity index (χ0) is 16.9. The zero-order valence-electron chi connectivity index (χ0n) is 13.6. The Morgan fingerprint density at radius 2 is 1.61 bits per heavy atom. The van der Waals surface area contributed by atoms with Crippen molar-refractivity contribution in [2.24, 2.45) is 0 Å². The van der Waals surface area contributed by atoms with Gasteiger partial charge in [-0.05, 0) is 35.7 Å². The summed E-state index contributed by atoms with van der Waals surface area (Å²) in [6.07, 6.45) is 0. The summed E-state index contributed by atoms with van der Waals surface area (Å²) in [4.78, 5) is 0. The first-order valence-corrected chi connectivity index (χ1v) is 8.49. The van der Waals surface area contributed by atoms with E-state index >= 15 is 0 Å². The van der Waals surface area contributed by atoms with Gasteiger partial charge < -0.3 is 0 Å². The van der Waals surface area contributed by atoms with Gasteiger partial charge in [0.05, 0.1) is 11.6 Å². The van der Waals surface area contributed by atoms with Gasteiger partial charge >= 0.3 is 0 Å². The molecule has 0 aliphatic carbocycles. The zero-order valence-corrected chi connectivity index (χ0v) is 14.5. The molecule has 0 saturated heterocycles. The van der Waals surface area contributed by atoms with Crippen LogP contribution in [0.25, 0.3) is 11.1 Å². The number of hydrogen-bond donors (Lipinski definition) is 1. The number of hydrogen-bond acceptors (Lipinski definition) is 3. The topological polar surface area (TPSA) is 35.8 Å². The molecule has 0 radical (unpaired) electrons. The van der Waals surface area contributed by atoms with Gasteiger partial charge in [-0.1, -0.05) is 62.2 Å². The highest BCUT2D eigenvalue weighted by molar-refractivity contribution is 7.97. The third-order valence-electron chi connectivity index (χ3n) is 3.56. The number of alkyl halides is 1. The molecule has 23 heavy (non-hydrogen) atoms. The van der Waals surface area contributed by atoms with Crippen molar-refractivity contribution >= 4 is 11.9 Å². The lowest BCUT2D eigenvalue weighted by Crippen LogP contribution is -2.29. The number of nitriles is 1. The number of rotatable bonds is 6. The van der Waals surface area contributed by atoms with Gasteiger partial charge in [-0.2, -0.15) is 5.26 Å². The van der Waals surface area contributed by atoms with Crippen molar-refractivity contribution in [3.8, 4) is 17.2 Å². The Hall–Kier alpha value is -1.83. The average Bonchev–Trinajstić information content (AvgIpc) is 2.54. The monoisotopic (exact) mass is 328 g/mol. The molecule has 1 unspecified atom stereocenters. The van der Waals surface area contributed by atoms with E-state index < -0.39 is 5.67 Å². The van der Waals surface area contributed by atoms with Crippen LogP contribution in [0.3, 0.4) is 0 Å². The Kier molecular flexibility index (Phi) is 5.81. The Bertz CT molecular complexity index is 670. The molecular weight excluding hydrogens is 307 g/mol. The van der Waals surface area contributed by atoms with E-state index in [1.807, 2.05) is 36.4 Å². The predicted octanol–water partition coefficient (Wildman–Crippen LogP) is 5.06. The molecule has 0 heterocycles. The summed E-state index contributed by atoms with van der Waals surface area (Å²) in [6, 6.07) is 17.0. The molecule has 0 fully saturated rings. The second-order valence-corrected chi connectivity index (χ2v) is 7.42. The second kappa shape index (κ2) is 7.63. The van der Waals surface area contributed by atoms with Gasteiger partial charge in [0.2, 0.25) is 0 Å². The minimum absolute atomic E-state index is 0.270. The van der Waals surface area contributed by atoms with E-state index in [-0.39, 0.29) is 6.54 Å². The van der Waals surface area contributed by atoms with Crippen LogP contribution in [0, 0.1) is 11.3 Å². The van der Waals surface area contributed by atoms with E-state index in [4.69, 9.17) is 5.26 Å². The first-order chi connectivity index (χ1) is 10.9. The lowest BCUT2D eigenvalue weighted by Gasteiger charge is -2.22. The smallest absolute Gasteiger partial charge is 0.146 e. The van der Waals surface area contributed by atoms with Crippen LogP contribution >= 0.6 is 11.9 Å². The molecule has 0 aliphatic heterocycles. The molecular formula is C19H21FN2S. The van der Waals surface area contributed by atoms with Crippen molar-refractivity contribution in [3.63, 3.8) is 0 Å². The molecule has 2 aromatic rings. The van der Waals surface area contributed by atoms with Gasteiger partial charge in [-0.25, -0.2) is 4.39 Å². The van der Waals surface area contributed by atoms with Crippen molar-refractivity contribution in [1.29, 1.82) is 5.26 Å². The Morgan fingerprint density at radius 3 is 2.09 bits per heavy atom. The molecule has 0 saturated carbocycles. The third kappa shape index (κ3) is 4.82. The predicted molar refractivity (Wildman–Crippen MR) is 95.8 cm³/mol. The fraction of sp³-hybridized carbons (Fsp3) is 0.316. The molecule has 0 bridgehead atoms. The van der Waals surface area contributed by atoms with Crippen molar-refractivity contribution in [3.05, 3.63) is 59.7 Å². The van der Waals surface area contributed by atoms with Crippen molar-refractivity contribution in [2.75, 3.05) is 6.54 Å². The maximum atomic E-state index is 14.8. The number of benzene rings is 2. The first kappa shape index (κ1) is 17.5. The molecule has 2 aromatic carbocycles. The van der Waals surface area contributed by atoms with Gasteiger partial charge in [0.25, 0.3) is 0 Å². The first-order valence-electron chi connectivity index (χ1n) is 7.61. The maximum absolute atomic E-state index is 14.8. The Morgan fingerprint density at radius 1 is 1.09 bits per heavy atom. The van der Waals surface area contributed by atoms with E-state index in [0.717, 1.165) is 11.1 Å². The summed E-state index contributed by atoms with van der Waals surface area (Å²) in [7, 11) is 0. The summed E-state index contributed by atoms with van der Waals surface area (Å²) in [5, 5.41) is 9.25. The largest absolute Gasteiger partial charge is 0.260 e. The fourth-order valence-electron chi connectivity index (χ4n) is 2.19. The van der Waals surface area contributed by atoms with Crippen LogP contribution in [0.15, 0.2) is 48.5 Å². The van der Waals surface area contributed by atoms with Crippen LogP contribution in [-0.4, -0.2) is 11.8 Å². The highest BCUT2D eigenvalue weighted by Crippen LogP contribution is 2.28. The Labute approximate surface area is 141 Å². The summed E-state index contributed by atoms with van der Waals surface area (Å²) in [6.45, 7) is 6.00. The standard InChI is InChI=1S/C19H21FN2S/c1-14(2)23-22-13-19(3,20)18-10-8-17(9-11-18)16-6-4-15(12-21)5-7-16/h4-11,14,22H,13H2,1-3H3. The molecule has 4 heteroatoms. The van der Waals surface area contributed by atoms with Crippen LogP contribution in [0.1, 0.15) is 31.9 Å². The normalized spacial score (nSPS) is 13.6. The molecule has 0 aliphatic rings. The quantitative estimate of drug-likeness (QED) is 0.753. The third-order valence-corrected chi connectivity index (χ3v) is 4.34. The molecule has 120 valence electrons. The number of nitrogens with one attached hydrogen (secondary N) is 1. The van der Waals surface area contributed by atoms with Crippen molar-refractivity contribution in [2.45, 2.75) is 31.7 Å². The summed E-state index contributed by atoms with van der Waals surface area (Å²) in [5.74, 6) is 0. The summed E-state index contributed by atoms with van der Waals surface area (Å²) >= 11 is 1.54. The van der Waals surface area contributed by atoms with Crippen LogP contribution in [0.2, 0.25) is 0 Å². The van der Waals surface area contributed by atoms with Gasteiger partial charge in [0.15, 0.2) is 0 Å². The van der Waals surface area contributed by atoms with E-state index in [1.54, 1.807) is 19.1 Å². The molecule has 2 nitrogen and oxygen atoms in total. The van der Waals surface area contributed by atoms with Crippen LogP contribution in [0.5, 0.6) is 0 Å². The molecule has 0 aromatic heterocycles. The SMILES string of the molecule is CC(C)SNCC(C)(F)c1ccc(-c2ccc(C#N)cc2)cc1. The lowest BCUT2D eigenvalue weighted by atomic mass is 9.95. The molecule has 1 N–H and O–H groups in total. The fourth-order valence-corrected chi connectivity index (χ4v) is 2.88. The maximum Gasteiger partial charge on any atom is 0.146 e. The van der Waals surface area contributed by atoms with E-state index in [0.29, 0.717) is 16.4 Å². The van der Waals surface area contributed by atoms with E-state index in [9.17, 15) is 4.39 Å². The molecule has 0 spiro atoms. The van der Waals surface area contributed by atoms with E-state index in [1.165, 1.54) is 11.9 Å². The Balaban J connectivity index is 2.10. The highest BCUT2D eigenvalue weighted by atomic mass is 32.2. The number of halogens is 1. The minimum atomic E-state index is -1.41. The number of nitrogens with zero attached hydrogens (tertiary/aromatic N) is 1. The minimum Gasteiger partial charge on any atom is -0.260 e. The summed E-state index contributed by atoms with van der Waals surface area (Å²) < 4.78 is 17.9. The van der Waals surface area contributed by atoms with Crippen LogP contribution in [0.4, 0.5) is 4.39 Å². The molecule has 2 rings (SSSR count). The van der Waals surface area contributed by atoms with Gasteiger partial charge in [0, 0.05) is 11.8 Å². The second-order valence-electron chi connectivity index (χ2n) is 5.95. The van der Waals surface area contributed by atoms with Crippen LogP contribution in [-0.2, 0) is 5.67 Å². The van der Waals surface area contributed by atoms with Gasteiger partial charge in [-0.3, -0.25) is 4.72 Å². The lowest BCUT2D eigenvalue weighted by molar-refractivity contribution is 0.198. The average molecular weight is 328 g/mol. The van der Waals surface area contributed by atoms with Gasteiger partial charge in [0.1, 0.15) is 5.67 Å². The molecule has 1 atom stereocenters. The van der Waals surface area contributed by atoms with Crippen molar-refractivity contribution < 1.29 is 4.39 Å². The van der Waals surface area contributed by atoms with Gasteiger partial charge in [-0.15, -0.1) is 0 Å².